The number of carboxylic acid groups (broad SMARTS) is 2. The lowest BCUT2D eigenvalue weighted by Crippen LogP contribution is -2.43. The molecule has 0 aliphatic carbocycles. The Morgan fingerprint density at radius 3 is 1.96 bits per heavy atom. The van der Waals surface area contributed by atoms with Crippen LogP contribution in [0.5, 0.6) is 0 Å². The summed E-state index contributed by atoms with van der Waals surface area (Å²) >= 11 is 11.5. The second kappa shape index (κ2) is 9.94. The number of aliphatic carboxylic acids is 2. The number of nitrogen functional groups attached to an aromatic ring is 1. The van der Waals surface area contributed by atoms with Crippen molar-refractivity contribution in [3.05, 3.63) is 22.2 Å². The predicted molar refractivity (Wildman–Crippen MR) is 88.2 cm³/mol. The van der Waals surface area contributed by atoms with E-state index in [-0.39, 0.29) is 27.2 Å². The lowest BCUT2D eigenvalue weighted by molar-refractivity contribution is -0.192. The monoisotopic (exact) mass is 456 g/mol. The number of nitrogens with one attached hydrogen (secondary N) is 1. The normalized spacial score (nSPS) is 12.7. The summed E-state index contributed by atoms with van der Waals surface area (Å²) in [7, 11) is -2.87. The molecule has 5 N–H and O–H groups in total. The van der Waals surface area contributed by atoms with Crippen LogP contribution in [-0.2, 0) is 24.3 Å². The van der Waals surface area contributed by atoms with Crippen molar-refractivity contribution < 1.29 is 46.1 Å². The number of nitrogens with two attached hydrogens (primary N) is 1. The molecular weight excluding hydrogens is 444 g/mol. The second-order valence-corrected chi connectivity index (χ2v) is 7.10. The quantitative estimate of drug-likeness (QED) is 0.470. The van der Waals surface area contributed by atoms with Gasteiger partial charge < -0.3 is 20.7 Å². The lowest BCUT2D eigenvalue weighted by Gasteiger charge is -2.14. The first kappa shape index (κ1) is 25.2. The first-order valence-electron chi connectivity index (χ1n) is 6.42. The van der Waals surface area contributed by atoms with Crippen molar-refractivity contribution >= 4 is 50.9 Å². The molecular formula is C12H13Cl2F3N2O7S. The summed E-state index contributed by atoms with van der Waals surface area (Å²) in [4.78, 5) is 19.5. The highest BCUT2D eigenvalue weighted by Gasteiger charge is 2.38. The van der Waals surface area contributed by atoms with E-state index in [1.54, 1.807) is 0 Å². The van der Waals surface area contributed by atoms with Gasteiger partial charge in [-0.3, -0.25) is 4.79 Å². The van der Waals surface area contributed by atoms with E-state index >= 15 is 0 Å². The van der Waals surface area contributed by atoms with E-state index in [0.29, 0.717) is 0 Å². The maximum atomic E-state index is 12.0. The van der Waals surface area contributed by atoms with Gasteiger partial charge in [0, 0.05) is 7.11 Å². The van der Waals surface area contributed by atoms with Crippen LogP contribution in [0.25, 0.3) is 0 Å². The molecule has 9 nitrogen and oxygen atoms in total. The van der Waals surface area contributed by atoms with Gasteiger partial charge in [0.2, 0.25) is 10.0 Å². The van der Waals surface area contributed by atoms with E-state index < -0.39 is 34.2 Å². The summed E-state index contributed by atoms with van der Waals surface area (Å²) in [6, 6.07) is 0.730. The molecule has 0 heterocycles. The number of halogens is 5. The van der Waals surface area contributed by atoms with Crippen molar-refractivity contribution in [1.29, 1.82) is 0 Å². The molecule has 1 unspecified atom stereocenters. The molecule has 15 heteroatoms. The average molecular weight is 457 g/mol. The Morgan fingerprint density at radius 2 is 1.67 bits per heavy atom. The molecule has 0 saturated heterocycles. The fraction of sp³-hybridized carbons (Fsp3) is 0.333. The Morgan fingerprint density at radius 1 is 1.26 bits per heavy atom. The number of ether oxygens (including phenoxy) is 1. The lowest BCUT2D eigenvalue weighted by atomic mass is 10.3. The Balaban J connectivity index is 0.000000821. The fourth-order valence-electron chi connectivity index (χ4n) is 1.29. The SMILES string of the molecule is COCC(NS(=O)(=O)c1cc(Cl)c(N)c(Cl)c1)C(=O)O.O=C(O)C(F)(F)F. The smallest absolute Gasteiger partial charge is 0.480 e. The molecule has 1 aromatic rings. The van der Waals surface area contributed by atoms with Crippen molar-refractivity contribution in [3.8, 4) is 0 Å². The van der Waals surface area contributed by atoms with E-state index in [9.17, 15) is 26.4 Å². The van der Waals surface area contributed by atoms with E-state index in [1.165, 1.54) is 7.11 Å². The molecule has 1 aromatic carbocycles. The zero-order valence-electron chi connectivity index (χ0n) is 13.3. The van der Waals surface area contributed by atoms with Gasteiger partial charge in [0.1, 0.15) is 6.04 Å². The van der Waals surface area contributed by atoms with Crippen LogP contribution >= 0.6 is 23.2 Å². The van der Waals surface area contributed by atoms with Gasteiger partial charge in [-0.15, -0.1) is 0 Å². The number of benzene rings is 1. The van der Waals surface area contributed by atoms with Gasteiger partial charge in [-0.2, -0.15) is 17.9 Å². The zero-order chi connectivity index (χ0) is 21.6. The summed E-state index contributed by atoms with van der Waals surface area (Å²) < 4.78 is 62.4. The van der Waals surface area contributed by atoms with Crippen LogP contribution in [0.15, 0.2) is 17.0 Å². The topological polar surface area (TPSA) is 156 Å². The third-order valence-corrected chi connectivity index (χ3v) is 4.61. The third-order valence-electron chi connectivity index (χ3n) is 2.53. The number of carboxylic acids is 2. The molecule has 0 amide bonds. The molecule has 0 spiro atoms. The highest BCUT2D eigenvalue weighted by molar-refractivity contribution is 7.89. The number of carbonyl (C=O) groups is 2. The van der Waals surface area contributed by atoms with E-state index in [4.69, 9.17) is 43.9 Å². The van der Waals surface area contributed by atoms with Crippen molar-refractivity contribution in [1.82, 2.24) is 4.72 Å². The molecule has 1 rings (SSSR count). The fourth-order valence-corrected chi connectivity index (χ4v) is 3.14. The summed E-state index contributed by atoms with van der Waals surface area (Å²) in [6.07, 6.45) is -5.08. The Bertz CT molecular complexity index is 780. The van der Waals surface area contributed by atoms with Crippen molar-refractivity contribution in [2.24, 2.45) is 0 Å². The van der Waals surface area contributed by atoms with Crippen LogP contribution in [0.4, 0.5) is 18.9 Å². The van der Waals surface area contributed by atoms with Gasteiger partial charge in [0.05, 0.1) is 27.2 Å². The highest BCUT2D eigenvalue weighted by Crippen LogP contribution is 2.30. The van der Waals surface area contributed by atoms with Crippen LogP contribution in [0.1, 0.15) is 0 Å². The summed E-state index contributed by atoms with van der Waals surface area (Å²) in [6.45, 7) is -0.328. The van der Waals surface area contributed by atoms with E-state index in [1.807, 2.05) is 4.72 Å². The van der Waals surface area contributed by atoms with Gasteiger partial charge >= 0.3 is 18.1 Å². The molecule has 1 atom stereocenters. The van der Waals surface area contributed by atoms with Crippen LogP contribution in [0.3, 0.4) is 0 Å². The molecule has 27 heavy (non-hydrogen) atoms. The highest BCUT2D eigenvalue weighted by atomic mass is 35.5. The van der Waals surface area contributed by atoms with Crippen LogP contribution in [0.2, 0.25) is 10.0 Å². The molecule has 0 aromatic heterocycles. The Labute approximate surface area is 160 Å². The van der Waals surface area contributed by atoms with E-state index in [0.717, 1.165) is 12.1 Å². The molecule has 0 fully saturated rings. The minimum Gasteiger partial charge on any atom is -0.480 e. The van der Waals surface area contributed by atoms with Gasteiger partial charge in [0.25, 0.3) is 0 Å². The number of hydrogen-bond acceptors (Lipinski definition) is 6. The number of hydrogen-bond donors (Lipinski definition) is 4. The Hall–Kier alpha value is -1.80. The molecule has 0 aliphatic rings. The minimum absolute atomic E-state index is 0.0407. The number of sulfonamides is 1. The zero-order valence-corrected chi connectivity index (χ0v) is 15.6. The maximum Gasteiger partial charge on any atom is 0.490 e. The molecule has 0 aliphatic heterocycles. The standard InChI is InChI=1S/C10H12Cl2N2O5S.C2HF3O2/c1-19-4-8(10(15)16)14-20(17,18)5-2-6(11)9(13)7(12)3-5;3-2(4,5)1(6)7/h2-3,8,14H,4,13H2,1H3,(H,15,16);(H,6,7). The summed E-state index contributed by atoms with van der Waals surface area (Å²) in [5.74, 6) is -4.13. The molecule has 0 radical (unpaired) electrons. The molecule has 0 bridgehead atoms. The molecule has 154 valence electrons. The maximum absolute atomic E-state index is 12.0. The van der Waals surface area contributed by atoms with Crippen molar-refractivity contribution in [2.45, 2.75) is 17.1 Å². The second-order valence-electron chi connectivity index (χ2n) is 4.57. The van der Waals surface area contributed by atoms with Crippen LogP contribution < -0.4 is 10.5 Å². The molecule has 0 saturated carbocycles. The Kier molecular flexibility index (Phi) is 9.28. The number of rotatable bonds is 6. The largest absolute Gasteiger partial charge is 0.490 e. The van der Waals surface area contributed by atoms with Gasteiger partial charge in [0.15, 0.2) is 0 Å². The first-order chi connectivity index (χ1) is 12.1. The van der Waals surface area contributed by atoms with Gasteiger partial charge in [-0.05, 0) is 12.1 Å². The predicted octanol–water partition coefficient (Wildman–Crippen LogP) is 1.59. The minimum atomic E-state index is -5.08. The summed E-state index contributed by atoms with van der Waals surface area (Å²) in [5.41, 5.74) is 5.54. The van der Waals surface area contributed by atoms with Crippen molar-refractivity contribution in [3.63, 3.8) is 0 Å². The van der Waals surface area contributed by atoms with Gasteiger partial charge in [-0.25, -0.2) is 13.2 Å². The number of anilines is 1. The third kappa shape index (κ3) is 8.17. The first-order valence-corrected chi connectivity index (χ1v) is 8.66. The van der Waals surface area contributed by atoms with E-state index in [2.05, 4.69) is 4.74 Å². The van der Waals surface area contributed by atoms with Gasteiger partial charge in [-0.1, -0.05) is 23.2 Å². The van der Waals surface area contributed by atoms with Crippen LogP contribution in [-0.4, -0.2) is 56.5 Å². The average Bonchev–Trinajstić information content (AvgIpc) is 2.51. The van der Waals surface area contributed by atoms with Crippen molar-refractivity contribution in [2.75, 3.05) is 19.5 Å². The number of alkyl halides is 3. The van der Waals surface area contributed by atoms with Crippen LogP contribution in [0, 0.1) is 0 Å². The number of methoxy groups -OCH3 is 1. The summed E-state index contributed by atoms with van der Waals surface area (Å²) in [5, 5.41) is 15.9.